The predicted octanol–water partition coefficient (Wildman–Crippen LogP) is 0.0980. The lowest BCUT2D eigenvalue weighted by molar-refractivity contribution is 0.110. The minimum absolute atomic E-state index is 0.281. The van der Waals surface area contributed by atoms with E-state index < -0.39 is 0 Å². The van der Waals surface area contributed by atoms with Gasteiger partial charge in [0.1, 0.15) is 0 Å². The number of hydrogen-bond donors (Lipinski definition) is 1. The van der Waals surface area contributed by atoms with Gasteiger partial charge in [0.15, 0.2) is 0 Å². The molecule has 0 amide bonds. The molecular formula is C12H21N3O. The van der Waals surface area contributed by atoms with Gasteiger partial charge in [0.05, 0.1) is 6.61 Å². The summed E-state index contributed by atoms with van der Waals surface area (Å²) in [7, 11) is 0. The highest BCUT2D eigenvalue weighted by Gasteiger charge is 2.15. The summed E-state index contributed by atoms with van der Waals surface area (Å²) >= 11 is 0. The minimum Gasteiger partial charge on any atom is -0.395 e. The average molecular weight is 223 g/mol. The molecule has 90 valence electrons. The van der Waals surface area contributed by atoms with Crippen molar-refractivity contribution in [2.24, 2.45) is 0 Å². The van der Waals surface area contributed by atoms with Crippen molar-refractivity contribution in [3.05, 3.63) is 24.5 Å². The van der Waals surface area contributed by atoms with Crippen LogP contribution in [0.3, 0.4) is 0 Å². The van der Waals surface area contributed by atoms with Crippen molar-refractivity contribution in [2.45, 2.75) is 6.54 Å². The number of aromatic nitrogens is 1. The Morgan fingerprint density at radius 1 is 0.812 bits per heavy atom. The summed E-state index contributed by atoms with van der Waals surface area (Å²) in [5.41, 5.74) is 0. The highest BCUT2D eigenvalue weighted by atomic mass is 16.3. The molecule has 1 fully saturated rings. The van der Waals surface area contributed by atoms with Crippen LogP contribution in [0.25, 0.3) is 0 Å². The zero-order valence-corrected chi connectivity index (χ0v) is 9.76. The van der Waals surface area contributed by atoms with Crippen LogP contribution in [0.2, 0.25) is 0 Å². The van der Waals surface area contributed by atoms with E-state index in [-0.39, 0.29) is 6.61 Å². The van der Waals surface area contributed by atoms with Gasteiger partial charge in [-0.2, -0.15) is 0 Å². The molecule has 1 aromatic heterocycles. The van der Waals surface area contributed by atoms with Crippen LogP contribution in [0, 0.1) is 0 Å². The van der Waals surface area contributed by atoms with Crippen molar-refractivity contribution in [3.8, 4) is 0 Å². The maximum atomic E-state index is 8.85. The summed E-state index contributed by atoms with van der Waals surface area (Å²) in [5, 5.41) is 8.85. The highest BCUT2D eigenvalue weighted by molar-refractivity contribution is 4.90. The monoisotopic (exact) mass is 223 g/mol. The number of aliphatic hydroxyl groups excluding tert-OH is 1. The first-order valence-electron chi connectivity index (χ1n) is 6.05. The lowest BCUT2D eigenvalue weighted by Crippen LogP contribution is -2.47. The fraction of sp³-hybridized carbons (Fsp3) is 0.667. The quantitative estimate of drug-likeness (QED) is 0.768. The Balaban J connectivity index is 1.65. The first-order valence-corrected chi connectivity index (χ1v) is 6.05. The van der Waals surface area contributed by atoms with Gasteiger partial charge in [-0.15, -0.1) is 0 Å². The number of hydrogen-bond acceptors (Lipinski definition) is 3. The molecule has 1 aromatic rings. The minimum atomic E-state index is 0.281. The number of β-amino-alcohol motifs (C(OH)–C–C–N with tert-alkyl or cyclic N) is 1. The van der Waals surface area contributed by atoms with Gasteiger partial charge in [-0.1, -0.05) is 0 Å². The van der Waals surface area contributed by atoms with Gasteiger partial charge in [0.25, 0.3) is 0 Å². The van der Waals surface area contributed by atoms with Crippen LogP contribution in [-0.2, 0) is 6.54 Å². The fourth-order valence-electron chi connectivity index (χ4n) is 2.15. The molecule has 0 spiro atoms. The third-order valence-corrected chi connectivity index (χ3v) is 3.22. The van der Waals surface area contributed by atoms with Crippen LogP contribution >= 0.6 is 0 Å². The Morgan fingerprint density at radius 2 is 1.38 bits per heavy atom. The predicted molar refractivity (Wildman–Crippen MR) is 64.4 cm³/mol. The van der Waals surface area contributed by atoms with Crippen LogP contribution in [0.5, 0.6) is 0 Å². The highest BCUT2D eigenvalue weighted by Crippen LogP contribution is 2.01. The summed E-state index contributed by atoms with van der Waals surface area (Å²) in [6.07, 6.45) is 4.23. The van der Waals surface area contributed by atoms with Crippen molar-refractivity contribution in [1.82, 2.24) is 14.4 Å². The molecule has 0 atom stereocenters. The van der Waals surface area contributed by atoms with Gasteiger partial charge in [-0.05, 0) is 12.1 Å². The van der Waals surface area contributed by atoms with Crippen LogP contribution < -0.4 is 0 Å². The zero-order valence-electron chi connectivity index (χ0n) is 9.76. The molecule has 1 N–H and O–H groups in total. The van der Waals surface area contributed by atoms with Gasteiger partial charge < -0.3 is 9.67 Å². The normalized spacial score (nSPS) is 19.1. The van der Waals surface area contributed by atoms with Crippen molar-refractivity contribution in [1.29, 1.82) is 0 Å². The lowest BCUT2D eigenvalue weighted by atomic mass is 10.3. The van der Waals surface area contributed by atoms with Gasteiger partial charge in [-0.3, -0.25) is 9.80 Å². The van der Waals surface area contributed by atoms with Crippen molar-refractivity contribution in [2.75, 3.05) is 45.9 Å². The van der Waals surface area contributed by atoms with Crippen LogP contribution in [0.4, 0.5) is 0 Å². The van der Waals surface area contributed by atoms with E-state index >= 15 is 0 Å². The summed E-state index contributed by atoms with van der Waals surface area (Å²) in [6.45, 7) is 7.74. The van der Waals surface area contributed by atoms with Gasteiger partial charge >= 0.3 is 0 Å². The van der Waals surface area contributed by atoms with Gasteiger partial charge in [0, 0.05) is 58.2 Å². The number of rotatable bonds is 5. The lowest BCUT2D eigenvalue weighted by Gasteiger charge is -2.34. The second-order valence-electron chi connectivity index (χ2n) is 4.33. The average Bonchev–Trinajstić information content (AvgIpc) is 2.82. The molecule has 0 saturated carbocycles. The van der Waals surface area contributed by atoms with Crippen LogP contribution in [0.1, 0.15) is 0 Å². The van der Waals surface area contributed by atoms with E-state index in [0.29, 0.717) is 0 Å². The molecule has 0 radical (unpaired) electrons. The second-order valence-corrected chi connectivity index (χ2v) is 4.33. The number of piperazine rings is 1. The first kappa shape index (κ1) is 11.6. The zero-order chi connectivity index (χ0) is 11.2. The molecule has 0 unspecified atom stereocenters. The second kappa shape index (κ2) is 6.03. The fourth-order valence-corrected chi connectivity index (χ4v) is 2.15. The van der Waals surface area contributed by atoms with E-state index in [1.165, 1.54) is 0 Å². The van der Waals surface area contributed by atoms with Crippen molar-refractivity contribution >= 4 is 0 Å². The molecule has 1 saturated heterocycles. The van der Waals surface area contributed by atoms with E-state index in [1.54, 1.807) is 0 Å². The summed E-state index contributed by atoms with van der Waals surface area (Å²) < 4.78 is 2.22. The molecule has 0 bridgehead atoms. The van der Waals surface area contributed by atoms with E-state index in [1.807, 2.05) is 0 Å². The molecular weight excluding hydrogens is 202 g/mol. The van der Waals surface area contributed by atoms with Gasteiger partial charge in [0.2, 0.25) is 0 Å². The molecule has 16 heavy (non-hydrogen) atoms. The summed E-state index contributed by atoms with van der Waals surface area (Å²) in [6, 6.07) is 4.14. The van der Waals surface area contributed by atoms with Crippen molar-refractivity contribution in [3.63, 3.8) is 0 Å². The maximum absolute atomic E-state index is 8.85. The van der Waals surface area contributed by atoms with E-state index in [2.05, 4.69) is 38.9 Å². The Bertz CT molecular complexity index is 278. The Kier molecular flexibility index (Phi) is 4.39. The van der Waals surface area contributed by atoms with E-state index in [0.717, 1.165) is 45.8 Å². The van der Waals surface area contributed by atoms with E-state index in [9.17, 15) is 0 Å². The molecule has 4 heteroatoms. The maximum Gasteiger partial charge on any atom is 0.0558 e. The van der Waals surface area contributed by atoms with Crippen LogP contribution in [0.15, 0.2) is 24.5 Å². The van der Waals surface area contributed by atoms with E-state index in [4.69, 9.17) is 5.11 Å². The van der Waals surface area contributed by atoms with Crippen LogP contribution in [-0.4, -0.2) is 65.3 Å². The smallest absolute Gasteiger partial charge is 0.0558 e. The van der Waals surface area contributed by atoms with Crippen molar-refractivity contribution < 1.29 is 5.11 Å². The summed E-state index contributed by atoms with van der Waals surface area (Å²) in [4.78, 5) is 4.82. The molecule has 1 aliphatic rings. The summed E-state index contributed by atoms with van der Waals surface area (Å²) in [5.74, 6) is 0. The topological polar surface area (TPSA) is 31.6 Å². The molecule has 0 aromatic carbocycles. The first-order chi connectivity index (χ1) is 7.88. The molecule has 2 rings (SSSR count). The Morgan fingerprint density at radius 3 is 1.94 bits per heavy atom. The standard InChI is InChI=1S/C12H21N3O/c16-12-11-15-9-7-14(8-10-15)6-5-13-3-1-2-4-13/h1-4,16H,5-12H2. The third-order valence-electron chi connectivity index (χ3n) is 3.22. The Hall–Kier alpha value is -0.840. The largest absolute Gasteiger partial charge is 0.395 e. The SMILES string of the molecule is OCCN1CCN(CCn2cccc2)CC1. The van der Waals surface area contributed by atoms with Gasteiger partial charge in [-0.25, -0.2) is 0 Å². The molecule has 4 nitrogen and oxygen atoms in total. The molecule has 2 heterocycles. The molecule has 0 aliphatic carbocycles. The molecule has 1 aliphatic heterocycles. The third kappa shape index (κ3) is 3.33. The Labute approximate surface area is 97.1 Å². The number of nitrogens with zero attached hydrogens (tertiary/aromatic N) is 3. The number of aliphatic hydroxyl groups is 1.